The lowest BCUT2D eigenvalue weighted by atomic mass is 9.76. The van der Waals surface area contributed by atoms with Crippen LogP contribution in [-0.4, -0.2) is 16.8 Å². The van der Waals surface area contributed by atoms with E-state index in [9.17, 15) is 9.59 Å². The van der Waals surface area contributed by atoms with Crippen LogP contribution >= 0.6 is 11.8 Å². The first-order chi connectivity index (χ1) is 7.89. The third-order valence-corrected chi connectivity index (χ3v) is 4.39. The highest BCUT2D eigenvalue weighted by atomic mass is 32.2. The van der Waals surface area contributed by atoms with Gasteiger partial charge in [0.1, 0.15) is 11.0 Å². The summed E-state index contributed by atoms with van der Waals surface area (Å²) in [6, 6.07) is 1.81. The molecule has 0 spiro atoms. The van der Waals surface area contributed by atoms with Gasteiger partial charge in [0, 0.05) is 17.7 Å². The molecule has 0 N–H and O–H groups in total. The Morgan fingerprint density at radius 1 is 1.29 bits per heavy atom. The number of thioether (sulfide) groups is 1. The fourth-order valence-electron chi connectivity index (χ4n) is 2.12. The van der Waals surface area contributed by atoms with E-state index in [4.69, 9.17) is 4.42 Å². The lowest BCUT2D eigenvalue weighted by Crippen LogP contribution is -2.39. The predicted octanol–water partition coefficient (Wildman–Crippen LogP) is 3.01. The molecule has 1 saturated carbocycles. The van der Waals surface area contributed by atoms with Crippen molar-refractivity contribution < 1.29 is 14.0 Å². The molecule has 0 aliphatic heterocycles. The minimum atomic E-state index is -0.542. The predicted molar refractivity (Wildman–Crippen MR) is 66.1 cm³/mol. The third-order valence-electron chi connectivity index (χ3n) is 2.95. The standard InChI is InChI=1S/C13H16O3S/c1-8-11(4-5-16-8)17-12-9(14)6-13(2,3)7-10(12)15/h4-5,12H,6-7H2,1-3H3. The topological polar surface area (TPSA) is 47.3 Å². The maximum atomic E-state index is 12.0. The second-order valence-electron chi connectivity index (χ2n) is 5.29. The van der Waals surface area contributed by atoms with Gasteiger partial charge in [0.05, 0.1) is 6.26 Å². The Labute approximate surface area is 105 Å². The van der Waals surface area contributed by atoms with Crippen molar-refractivity contribution in [3.63, 3.8) is 0 Å². The van der Waals surface area contributed by atoms with E-state index in [1.54, 1.807) is 12.3 Å². The molecule has 92 valence electrons. The molecule has 0 atom stereocenters. The van der Waals surface area contributed by atoms with Crippen LogP contribution in [0.15, 0.2) is 21.6 Å². The minimum Gasteiger partial charge on any atom is -0.468 e. The summed E-state index contributed by atoms with van der Waals surface area (Å²) >= 11 is 1.32. The fourth-order valence-corrected chi connectivity index (χ4v) is 3.16. The van der Waals surface area contributed by atoms with Gasteiger partial charge in [-0.05, 0) is 18.4 Å². The molecule has 0 bridgehead atoms. The van der Waals surface area contributed by atoms with E-state index < -0.39 is 5.25 Å². The van der Waals surface area contributed by atoms with Gasteiger partial charge in [-0.25, -0.2) is 0 Å². The molecule has 1 aliphatic carbocycles. The average Bonchev–Trinajstić information content (AvgIpc) is 2.56. The summed E-state index contributed by atoms with van der Waals surface area (Å²) < 4.78 is 5.17. The molecular formula is C13H16O3S. The lowest BCUT2D eigenvalue weighted by molar-refractivity contribution is -0.132. The van der Waals surface area contributed by atoms with Crippen molar-refractivity contribution in [1.82, 2.24) is 0 Å². The van der Waals surface area contributed by atoms with Crippen molar-refractivity contribution in [2.45, 2.75) is 43.8 Å². The maximum Gasteiger partial charge on any atom is 0.154 e. The Bertz CT molecular complexity index is 439. The Hall–Kier alpha value is -1.03. The van der Waals surface area contributed by atoms with Crippen molar-refractivity contribution in [1.29, 1.82) is 0 Å². The molecule has 1 aromatic rings. The first-order valence-electron chi connectivity index (χ1n) is 5.65. The van der Waals surface area contributed by atoms with E-state index in [2.05, 4.69) is 0 Å². The largest absolute Gasteiger partial charge is 0.468 e. The zero-order valence-corrected chi connectivity index (χ0v) is 11.1. The molecule has 1 heterocycles. The number of hydrogen-bond acceptors (Lipinski definition) is 4. The summed E-state index contributed by atoms with van der Waals surface area (Å²) in [5.41, 5.74) is -0.184. The van der Waals surface area contributed by atoms with Gasteiger partial charge in [-0.15, -0.1) is 11.8 Å². The van der Waals surface area contributed by atoms with E-state index in [1.165, 1.54) is 11.8 Å². The molecule has 1 aromatic heterocycles. The van der Waals surface area contributed by atoms with Crippen LogP contribution in [0.25, 0.3) is 0 Å². The van der Waals surface area contributed by atoms with Crippen molar-refractivity contribution >= 4 is 23.3 Å². The maximum absolute atomic E-state index is 12.0. The van der Waals surface area contributed by atoms with Gasteiger partial charge in [0.2, 0.25) is 0 Å². The SMILES string of the molecule is Cc1occc1SC1C(=O)CC(C)(C)CC1=O. The third kappa shape index (κ3) is 2.63. The van der Waals surface area contributed by atoms with Crippen LogP contribution < -0.4 is 0 Å². The highest BCUT2D eigenvalue weighted by Gasteiger charge is 2.40. The average molecular weight is 252 g/mol. The molecule has 0 amide bonds. The van der Waals surface area contributed by atoms with Crippen LogP contribution in [0, 0.1) is 12.3 Å². The zero-order valence-electron chi connectivity index (χ0n) is 10.3. The second kappa shape index (κ2) is 4.33. The first kappa shape index (κ1) is 12.4. The van der Waals surface area contributed by atoms with Gasteiger partial charge in [0.25, 0.3) is 0 Å². The molecule has 2 rings (SSSR count). The highest BCUT2D eigenvalue weighted by molar-refractivity contribution is 8.01. The molecule has 4 heteroatoms. The van der Waals surface area contributed by atoms with Gasteiger partial charge in [-0.2, -0.15) is 0 Å². The molecule has 0 aromatic carbocycles. The van der Waals surface area contributed by atoms with Gasteiger partial charge < -0.3 is 4.42 Å². The van der Waals surface area contributed by atoms with Crippen molar-refractivity contribution in [2.24, 2.45) is 5.41 Å². The molecule has 17 heavy (non-hydrogen) atoms. The fraction of sp³-hybridized carbons (Fsp3) is 0.538. The molecule has 3 nitrogen and oxygen atoms in total. The van der Waals surface area contributed by atoms with Gasteiger partial charge in [-0.1, -0.05) is 13.8 Å². The van der Waals surface area contributed by atoms with Crippen molar-refractivity contribution in [2.75, 3.05) is 0 Å². The van der Waals surface area contributed by atoms with Crippen LogP contribution in [0.1, 0.15) is 32.4 Å². The second-order valence-corrected chi connectivity index (χ2v) is 6.44. The lowest BCUT2D eigenvalue weighted by Gasteiger charge is -2.31. The van der Waals surface area contributed by atoms with Crippen LogP contribution in [0.5, 0.6) is 0 Å². The van der Waals surface area contributed by atoms with Crippen LogP contribution in [0.2, 0.25) is 0 Å². The normalized spacial score (nSPS) is 20.9. The van der Waals surface area contributed by atoms with Crippen molar-refractivity contribution in [3.05, 3.63) is 18.1 Å². The van der Waals surface area contributed by atoms with Crippen molar-refractivity contribution in [3.8, 4) is 0 Å². The van der Waals surface area contributed by atoms with Gasteiger partial charge in [-0.3, -0.25) is 9.59 Å². The summed E-state index contributed by atoms with van der Waals surface area (Å²) in [7, 11) is 0. The van der Waals surface area contributed by atoms with E-state index in [0.29, 0.717) is 12.8 Å². The van der Waals surface area contributed by atoms with Crippen LogP contribution in [0.4, 0.5) is 0 Å². The Morgan fingerprint density at radius 2 is 1.88 bits per heavy atom. The molecule has 1 fully saturated rings. The van der Waals surface area contributed by atoms with E-state index >= 15 is 0 Å². The Morgan fingerprint density at radius 3 is 2.35 bits per heavy atom. The van der Waals surface area contributed by atoms with Gasteiger partial charge in [0.15, 0.2) is 11.6 Å². The molecule has 1 aliphatic rings. The smallest absolute Gasteiger partial charge is 0.154 e. The van der Waals surface area contributed by atoms with E-state index in [1.807, 2.05) is 20.8 Å². The number of carbonyl (C=O) groups is 2. The number of furan rings is 1. The number of carbonyl (C=O) groups excluding carboxylic acids is 2. The Kier molecular flexibility index (Phi) is 3.17. The number of aryl methyl sites for hydroxylation is 1. The molecule has 0 unspecified atom stereocenters. The minimum absolute atomic E-state index is 0.0388. The number of hydrogen-bond donors (Lipinski definition) is 0. The van der Waals surface area contributed by atoms with E-state index in [0.717, 1.165) is 10.7 Å². The van der Waals surface area contributed by atoms with Crippen LogP contribution in [-0.2, 0) is 9.59 Å². The first-order valence-corrected chi connectivity index (χ1v) is 6.53. The summed E-state index contributed by atoms with van der Waals surface area (Å²) in [4.78, 5) is 24.9. The molecular weight excluding hydrogens is 236 g/mol. The zero-order chi connectivity index (χ0) is 12.6. The summed E-state index contributed by atoms with van der Waals surface area (Å²) in [6.45, 7) is 5.77. The number of rotatable bonds is 2. The summed E-state index contributed by atoms with van der Waals surface area (Å²) in [5, 5.41) is -0.542. The number of Topliss-reactive ketones (excluding diaryl/α,β-unsaturated/α-hetero) is 2. The highest BCUT2D eigenvalue weighted by Crippen LogP contribution is 2.38. The van der Waals surface area contributed by atoms with Gasteiger partial charge >= 0.3 is 0 Å². The molecule has 0 radical (unpaired) electrons. The van der Waals surface area contributed by atoms with E-state index in [-0.39, 0.29) is 17.0 Å². The van der Waals surface area contributed by atoms with Crippen LogP contribution in [0.3, 0.4) is 0 Å². The number of ketones is 2. The summed E-state index contributed by atoms with van der Waals surface area (Å²) in [5.74, 6) is 0.842. The monoisotopic (exact) mass is 252 g/mol. The Balaban J connectivity index is 2.15. The molecule has 0 saturated heterocycles. The quantitative estimate of drug-likeness (QED) is 0.759. The summed E-state index contributed by atoms with van der Waals surface area (Å²) in [6.07, 6.45) is 2.54.